The third-order valence-corrected chi connectivity index (χ3v) is 3.76. The van der Waals surface area contributed by atoms with E-state index in [4.69, 9.17) is 5.26 Å². The molecule has 0 aliphatic heterocycles. The summed E-state index contributed by atoms with van der Waals surface area (Å²) in [6.45, 7) is 4.15. The summed E-state index contributed by atoms with van der Waals surface area (Å²) in [6, 6.07) is 15.6. The summed E-state index contributed by atoms with van der Waals surface area (Å²) in [5, 5.41) is 18.3. The van der Waals surface area contributed by atoms with Crippen molar-refractivity contribution in [1.82, 2.24) is 0 Å². The van der Waals surface area contributed by atoms with E-state index in [-0.39, 0.29) is 0 Å². The Morgan fingerprint density at radius 3 is 2.26 bits per heavy atom. The van der Waals surface area contributed by atoms with Crippen LogP contribution in [0.25, 0.3) is 0 Å². The van der Waals surface area contributed by atoms with Crippen LogP contribution in [-0.2, 0) is 13.0 Å². The molecule has 0 bridgehead atoms. The number of benzene rings is 2. The zero-order valence-electron chi connectivity index (χ0n) is 13.4. The SMILES string of the molecule is Cc1cc(CCC#N)cc(C)c1N(Cc1ccccc1)C(=O)O. The molecular formula is C19H20N2O2. The number of carbonyl (C=O) groups is 1. The molecule has 4 nitrogen and oxygen atoms in total. The van der Waals surface area contributed by atoms with Crippen molar-refractivity contribution in [3.8, 4) is 6.07 Å². The smallest absolute Gasteiger partial charge is 0.412 e. The van der Waals surface area contributed by atoms with E-state index in [1.165, 1.54) is 4.90 Å². The summed E-state index contributed by atoms with van der Waals surface area (Å²) in [6.07, 6.45) is 0.180. The van der Waals surface area contributed by atoms with Crippen molar-refractivity contribution in [3.05, 3.63) is 64.7 Å². The second-order valence-corrected chi connectivity index (χ2v) is 5.59. The minimum absolute atomic E-state index is 0.315. The van der Waals surface area contributed by atoms with Crippen LogP contribution in [0, 0.1) is 25.2 Å². The first-order valence-electron chi connectivity index (χ1n) is 7.54. The van der Waals surface area contributed by atoms with E-state index < -0.39 is 6.09 Å². The second-order valence-electron chi connectivity index (χ2n) is 5.59. The fraction of sp³-hybridized carbons (Fsp3) is 0.263. The van der Waals surface area contributed by atoms with Gasteiger partial charge in [0.2, 0.25) is 0 Å². The molecule has 0 radical (unpaired) electrons. The molecule has 2 aromatic carbocycles. The molecule has 2 rings (SSSR count). The number of amides is 1. The van der Waals surface area contributed by atoms with Gasteiger partial charge in [-0.25, -0.2) is 4.79 Å². The van der Waals surface area contributed by atoms with Gasteiger partial charge in [-0.2, -0.15) is 5.26 Å². The minimum Gasteiger partial charge on any atom is -0.465 e. The van der Waals surface area contributed by atoms with Crippen LogP contribution >= 0.6 is 0 Å². The first kappa shape index (κ1) is 16.6. The summed E-state index contributed by atoms with van der Waals surface area (Å²) in [5.41, 5.74) is 4.56. The van der Waals surface area contributed by atoms with Crippen LogP contribution in [0.5, 0.6) is 0 Å². The van der Waals surface area contributed by atoms with Crippen molar-refractivity contribution in [3.63, 3.8) is 0 Å². The Morgan fingerprint density at radius 1 is 1.13 bits per heavy atom. The Hall–Kier alpha value is -2.80. The molecule has 0 spiro atoms. The molecule has 1 amide bonds. The van der Waals surface area contributed by atoms with Crippen molar-refractivity contribution in [2.75, 3.05) is 4.90 Å². The first-order valence-corrected chi connectivity index (χ1v) is 7.54. The van der Waals surface area contributed by atoms with Crippen molar-refractivity contribution < 1.29 is 9.90 Å². The molecule has 0 aliphatic rings. The lowest BCUT2D eigenvalue weighted by Gasteiger charge is -2.24. The van der Waals surface area contributed by atoms with Gasteiger partial charge in [0, 0.05) is 6.42 Å². The number of carboxylic acid groups (broad SMARTS) is 1. The van der Waals surface area contributed by atoms with Gasteiger partial charge in [0.05, 0.1) is 18.3 Å². The molecule has 0 heterocycles. The average molecular weight is 308 g/mol. The lowest BCUT2D eigenvalue weighted by atomic mass is 10.00. The van der Waals surface area contributed by atoms with E-state index in [1.807, 2.05) is 56.3 Å². The standard InChI is InChI=1S/C19H20N2O2/c1-14-11-17(9-6-10-20)12-15(2)18(14)21(19(22)23)13-16-7-4-3-5-8-16/h3-5,7-8,11-12H,6,9,13H2,1-2H3,(H,22,23). The molecule has 0 saturated carbocycles. The van der Waals surface area contributed by atoms with Gasteiger partial charge in [-0.1, -0.05) is 42.5 Å². The van der Waals surface area contributed by atoms with Crippen LogP contribution in [0.15, 0.2) is 42.5 Å². The average Bonchev–Trinajstić information content (AvgIpc) is 2.52. The Balaban J connectivity index is 2.36. The zero-order chi connectivity index (χ0) is 16.8. The molecule has 4 heteroatoms. The van der Waals surface area contributed by atoms with E-state index in [1.54, 1.807) is 0 Å². The number of nitriles is 1. The van der Waals surface area contributed by atoms with Crippen LogP contribution < -0.4 is 4.90 Å². The predicted molar refractivity (Wildman–Crippen MR) is 90.5 cm³/mol. The maximum Gasteiger partial charge on any atom is 0.412 e. The molecule has 2 aromatic rings. The number of rotatable bonds is 5. The molecule has 0 aliphatic carbocycles. The fourth-order valence-corrected chi connectivity index (χ4v) is 2.82. The van der Waals surface area contributed by atoms with Crippen molar-refractivity contribution in [2.24, 2.45) is 0 Å². The van der Waals surface area contributed by atoms with E-state index in [2.05, 4.69) is 6.07 Å². The van der Waals surface area contributed by atoms with Crippen LogP contribution in [0.2, 0.25) is 0 Å². The Morgan fingerprint density at radius 2 is 1.74 bits per heavy atom. The van der Waals surface area contributed by atoms with Crippen molar-refractivity contribution >= 4 is 11.8 Å². The monoisotopic (exact) mass is 308 g/mol. The summed E-state index contributed by atoms with van der Waals surface area (Å²) < 4.78 is 0. The zero-order valence-corrected chi connectivity index (χ0v) is 13.4. The van der Waals surface area contributed by atoms with E-state index in [9.17, 15) is 9.90 Å². The Bertz CT molecular complexity index is 710. The number of aryl methyl sites for hydroxylation is 3. The molecule has 0 atom stereocenters. The Labute approximate surface area is 136 Å². The van der Waals surface area contributed by atoms with Crippen molar-refractivity contribution in [1.29, 1.82) is 5.26 Å². The summed E-state index contributed by atoms with van der Waals surface area (Å²) in [4.78, 5) is 13.1. The second kappa shape index (κ2) is 7.46. The lowest BCUT2D eigenvalue weighted by molar-refractivity contribution is 0.201. The van der Waals surface area contributed by atoms with Gasteiger partial charge in [0.15, 0.2) is 0 Å². The van der Waals surface area contributed by atoms with Gasteiger partial charge < -0.3 is 5.11 Å². The lowest BCUT2D eigenvalue weighted by Crippen LogP contribution is -2.30. The van der Waals surface area contributed by atoms with Gasteiger partial charge in [-0.3, -0.25) is 4.90 Å². The van der Waals surface area contributed by atoms with E-state index in [0.29, 0.717) is 19.4 Å². The number of hydrogen-bond acceptors (Lipinski definition) is 2. The van der Waals surface area contributed by atoms with Crippen LogP contribution in [-0.4, -0.2) is 11.2 Å². The quantitative estimate of drug-likeness (QED) is 0.887. The summed E-state index contributed by atoms with van der Waals surface area (Å²) in [7, 11) is 0. The Kier molecular flexibility index (Phi) is 5.37. The summed E-state index contributed by atoms with van der Waals surface area (Å²) in [5.74, 6) is 0. The topological polar surface area (TPSA) is 64.3 Å². The summed E-state index contributed by atoms with van der Waals surface area (Å²) >= 11 is 0. The first-order chi connectivity index (χ1) is 11.0. The van der Waals surface area contributed by atoms with Gasteiger partial charge in [0.1, 0.15) is 0 Å². The molecule has 23 heavy (non-hydrogen) atoms. The van der Waals surface area contributed by atoms with Gasteiger partial charge in [0.25, 0.3) is 0 Å². The molecule has 118 valence electrons. The third-order valence-electron chi connectivity index (χ3n) is 3.76. The third kappa shape index (κ3) is 4.10. The van der Waals surface area contributed by atoms with Crippen LogP contribution in [0.3, 0.4) is 0 Å². The minimum atomic E-state index is -0.968. The highest BCUT2D eigenvalue weighted by atomic mass is 16.4. The number of anilines is 1. The normalized spacial score (nSPS) is 10.1. The van der Waals surface area contributed by atoms with E-state index >= 15 is 0 Å². The molecule has 0 unspecified atom stereocenters. The number of hydrogen-bond donors (Lipinski definition) is 1. The largest absolute Gasteiger partial charge is 0.465 e. The highest BCUT2D eigenvalue weighted by molar-refractivity contribution is 5.88. The molecule has 1 N–H and O–H groups in total. The fourth-order valence-electron chi connectivity index (χ4n) is 2.82. The van der Waals surface area contributed by atoms with Gasteiger partial charge in [-0.05, 0) is 42.5 Å². The van der Waals surface area contributed by atoms with Crippen molar-refractivity contribution in [2.45, 2.75) is 33.2 Å². The molecular weight excluding hydrogens is 288 g/mol. The molecule has 0 saturated heterocycles. The number of nitrogens with zero attached hydrogens (tertiary/aromatic N) is 2. The highest BCUT2D eigenvalue weighted by Gasteiger charge is 2.19. The maximum atomic E-state index is 11.7. The van der Waals surface area contributed by atoms with Gasteiger partial charge in [-0.15, -0.1) is 0 Å². The maximum absolute atomic E-state index is 11.7. The van der Waals surface area contributed by atoms with E-state index in [0.717, 1.165) is 27.9 Å². The highest BCUT2D eigenvalue weighted by Crippen LogP contribution is 2.28. The van der Waals surface area contributed by atoms with Crippen LogP contribution in [0.4, 0.5) is 10.5 Å². The van der Waals surface area contributed by atoms with Gasteiger partial charge >= 0.3 is 6.09 Å². The predicted octanol–water partition coefficient (Wildman–Crippen LogP) is 4.44. The molecule has 0 fully saturated rings. The van der Waals surface area contributed by atoms with Crippen LogP contribution in [0.1, 0.15) is 28.7 Å². The molecule has 0 aromatic heterocycles.